The van der Waals surface area contributed by atoms with E-state index in [-0.39, 0.29) is 5.78 Å². The van der Waals surface area contributed by atoms with E-state index < -0.39 is 18.2 Å². The number of allylic oxidation sites excluding steroid dienone is 4. The highest BCUT2D eigenvalue weighted by Crippen LogP contribution is 2.36. The number of amides is 1. The lowest BCUT2D eigenvalue weighted by molar-refractivity contribution is -0.116. The molecule has 2 unspecified atom stereocenters. The predicted octanol–water partition coefficient (Wildman–Crippen LogP) is 2.80. The van der Waals surface area contributed by atoms with Crippen LogP contribution in [-0.2, 0) is 4.79 Å². The van der Waals surface area contributed by atoms with Crippen LogP contribution in [0.2, 0.25) is 5.02 Å². The van der Waals surface area contributed by atoms with Crippen molar-refractivity contribution in [2.45, 2.75) is 6.17 Å². The second kappa shape index (κ2) is 6.46. The van der Waals surface area contributed by atoms with Crippen molar-refractivity contribution < 1.29 is 14.7 Å². The van der Waals surface area contributed by atoms with Crippen LogP contribution in [0.4, 0.5) is 4.79 Å². The van der Waals surface area contributed by atoms with Crippen molar-refractivity contribution in [3.8, 4) is 6.07 Å². The number of carboxylic acid groups (broad SMARTS) is 1. The Morgan fingerprint density at radius 2 is 2.04 bits per heavy atom. The molecule has 0 aromatic heterocycles. The van der Waals surface area contributed by atoms with Crippen molar-refractivity contribution in [2.24, 2.45) is 5.92 Å². The summed E-state index contributed by atoms with van der Waals surface area (Å²) in [5.41, 5.74) is 2.15. The highest BCUT2D eigenvalue weighted by atomic mass is 35.5. The first kappa shape index (κ1) is 16.8. The van der Waals surface area contributed by atoms with Gasteiger partial charge >= 0.3 is 6.09 Å². The highest BCUT2D eigenvalue weighted by Gasteiger charge is 2.36. The van der Waals surface area contributed by atoms with Gasteiger partial charge in [0.1, 0.15) is 12.1 Å². The SMILES string of the molecule is CN(C(=O)O)C1NC=C2C=CC(C#N)C(=O)C2=C1c1ccc(Cl)cc1. The van der Waals surface area contributed by atoms with E-state index in [0.717, 1.165) is 4.90 Å². The van der Waals surface area contributed by atoms with Crippen molar-refractivity contribution in [3.63, 3.8) is 0 Å². The number of benzene rings is 1. The van der Waals surface area contributed by atoms with E-state index in [9.17, 15) is 20.0 Å². The quantitative estimate of drug-likeness (QED) is 0.850. The molecule has 0 saturated heterocycles. The normalized spacial score (nSPS) is 21.8. The van der Waals surface area contributed by atoms with E-state index in [1.807, 2.05) is 6.07 Å². The summed E-state index contributed by atoms with van der Waals surface area (Å²) in [4.78, 5) is 25.3. The fourth-order valence-electron chi connectivity index (χ4n) is 2.91. The summed E-state index contributed by atoms with van der Waals surface area (Å²) in [6.07, 6.45) is 2.94. The number of nitrogens with zero attached hydrogens (tertiary/aromatic N) is 2. The molecule has 6 nitrogen and oxygen atoms in total. The van der Waals surface area contributed by atoms with E-state index in [0.29, 0.717) is 27.3 Å². The number of carbonyl (C=O) groups is 2. The van der Waals surface area contributed by atoms with Crippen LogP contribution in [0.3, 0.4) is 0 Å². The minimum absolute atomic E-state index is 0.341. The van der Waals surface area contributed by atoms with Crippen molar-refractivity contribution in [1.82, 2.24) is 10.2 Å². The molecular formula is C18H14ClN3O3. The maximum absolute atomic E-state index is 12.8. The van der Waals surface area contributed by atoms with E-state index in [1.54, 1.807) is 42.6 Å². The molecule has 2 aliphatic rings. The van der Waals surface area contributed by atoms with Crippen LogP contribution >= 0.6 is 11.6 Å². The molecular weight excluding hydrogens is 342 g/mol. The van der Waals surface area contributed by atoms with Gasteiger partial charge in [-0.05, 0) is 17.7 Å². The fourth-order valence-corrected chi connectivity index (χ4v) is 3.04. The van der Waals surface area contributed by atoms with Gasteiger partial charge in [-0.2, -0.15) is 5.26 Å². The van der Waals surface area contributed by atoms with Gasteiger partial charge in [-0.25, -0.2) is 4.79 Å². The van der Waals surface area contributed by atoms with Crippen LogP contribution in [0.5, 0.6) is 0 Å². The second-order valence-corrected chi connectivity index (χ2v) is 6.12. The predicted molar refractivity (Wildman–Crippen MR) is 92.4 cm³/mol. The van der Waals surface area contributed by atoms with Gasteiger partial charge in [0.15, 0.2) is 5.78 Å². The summed E-state index contributed by atoms with van der Waals surface area (Å²) in [5, 5.41) is 22.1. The molecule has 0 bridgehead atoms. The first-order chi connectivity index (χ1) is 11.9. The lowest BCUT2D eigenvalue weighted by Gasteiger charge is -2.35. The molecule has 1 aromatic rings. The van der Waals surface area contributed by atoms with Crippen LogP contribution in [0.25, 0.3) is 5.57 Å². The molecule has 7 heteroatoms. The fraction of sp³-hybridized carbons (Fsp3) is 0.167. The third-order valence-corrected chi connectivity index (χ3v) is 4.46. The number of fused-ring (bicyclic) bond motifs is 1. The van der Waals surface area contributed by atoms with E-state index in [4.69, 9.17) is 11.6 Å². The third-order valence-electron chi connectivity index (χ3n) is 4.21. The molecule has 2 atom stereocenters. The number of carbonyl (C=O) groups excluding carboxylic acids is 1. The molecule has 126 valence electrons. The van der Waals surface area contributed by atoms with Crippen molar-refractivity contribution >= 4 is 29.1 Å². The lowest BCUT2D eigenvalue weighted by Crippen LogP contribution is -2.47. The standard InChI is InChI=1S/C18H14ClN3O3/c1-22(18(24)25)17-15(10-4-6-13(19)7-5-10)14-12(9-21-17)3-2-11(8-20)16(14)23/h2-7,9,11,17,21H,1H3,(H,24,25). The number of hydrogen-bond donors (Lipinski definition) is 2. The van der Waals surface area contributed by atoms with Crippen molar-refractivity contribution in [1.29, 1.82) is 5.26 Å². The number of nitrogens with one attached hydrogen (secondary N) is 1. The highest BCUT2D eigenvalue weighted by molar-refractivity contribution is 6.30. The number of likely N-dealkylation sites (N-methyl/N-ethyl adjacent to an activating group) is 1. The summed E-state index contributed by atoms with van der Waals surface area (Å²) in [7, 11) is 1.42. The van der Waals surface area contributed by atoms with Gasteiger partial charge in [0, 0.05) is 35.0 Å². The molecule has 25 heavy (non-hydrogen) atoms. The Bertz CT molecular complexity index is 878. The Labute approximate surface area is 149 Å². The Kier molecular flexibility index (Phi) is 4.34. The van der Waals surface area contributed by atoms with Crippen LogP contribution in [0, 0.1) is 17.2 Å². The van der Waals surface area contributed by atoms with Crippen molar-refractivity contribution in [2.75, 3.05) is 7.05 Å². The Morgan fingerprint density at radius 3 is 2.64 bits per heavy atom. The Balaban J connectivity index is 2.24. The Hall–Kier alpha value is -3.04. The molecule has 0 spiro atoms. The zero-order chi connectivity index (χ0) is 18.1. The first-order valence-corrected chi connectivity index (χ1v) is 7.86. The van der Waals surface area contributed by atoms with E-state index >= 15 is 0 Å². The van der Waals surface area contributed by atoms with Gasteiger partial charge in [0.2, 0.25) is 0 Å². The molecule has 1 heterocycles. The Morgan fingerprint density at radius 1 is 1.36 bits per heavy atom. The number of nitriles is 1. The summed E-state index contributed by atoms with van der Waals surface area (Å²) >= 11 is 5.94. The minimum atomic E-state index is -1.14. The van der Waals surface area contributed by atoms with Crippen LogP contribution in [0.1, 0.15) is 5.56 Å². The van der Waals surface area contributed by atoms with Gasteiger partial charge < -0.3 is 10.4 Å². The molecule has 1 aromatic carbocycles. The van der Waals surface area contributed by atoms with Crippen molar-refractivity contribution in [3.05, 3.63) is 64.3 Å². The molecule has 3 rings (SSSR count). The molecule has 2 N–H and O–H groups in total. The maximum Gasteiger partial charge on any atom is 0.408 e. The largest absolute Gasteiger partial charge is 0.465 e. The van der Waals surface area contributed by atoms with E-state index in [2.05, 4.69) is 5.32 Å². The number of Topliss-reactive ketones (excluding diaryl/α,β-unsaturated/α-hetero) is 1. The van der Waals surface area contributed by atoms with Gasteiger partial charge in [-0.3, -0.25) is 9.69 Å². The molecule has 1 amide bonds. The second-order valence-electron chi connectivity index (χ2n) is 5.69. The molecule has 0 radical (unpaired) electrons. The maximum atomic E-state index is 12.8. The van der Waals surface area contributed by atoms with Gasteiger partial charge in [-0.1, -0.05) is 35.9 Å². The summed E-state index contributed by atoms with van der Waals surface area (Å²) in [6, 6.07) is 8.76. The molecule has 0 fully saturated rings. The van der Waals surface area contributed by atoms with Gasteiger partial charge in [-0.15, -0.1) is 0 Å². The van der Waals surface area contributed by atoms with Crippen LogP contribution in [0.15, 0.2) is 53.8 Å². The number of ketones is 1. The molecule has 0 saturated carbocycles. The topological polar surface area (TPSA) is 93.4 Å². The molecule has 1 aliphatic heterocycles. The summed E-state index contributed by atoms with van der Waals surface area (Å²) in [6.45, 7) is 0. The smallest absolute Gasteiger partial charge is 0.408 e. The minimum Gasteiger partial charge on any atom is -0.465 e. The zero-order valence-corrected chi connectivity index (χ0v) is 14.0. The first-order valence-electron chi connectivity index (χ1n) is 7.48. The lowest BCUT2D eigenvalue weighted by atomic mass is 9.80. The number of rotatable bonds is 2. The van der Waals surface area contributed by atoms with E-state index in [1.165, 1.54) is 7.05 Å². The zero-order valence-electron chi connectivity index (χ0n) is 13.2. The van der Waals surface area contributed by atoms with Crippen LogP contribution in [-0.4, -0.2) is 35.1 Å². The molecule has 1 aliphatic carbocycles. The monoisotopic (exact) mass is 355 g/mol. The number of dihydropyridines is 1. The summed E-state index contributed by atoms with van der Waals surface area (Å²) in [5.74, 6) is -1.23. The number of halogens is 1. The number of hydrogen-bond acceptors (Lipinski definition) is 4. The van der Waals surface area contributed by atoms with Gasteiger partial charge in [0.05, 0.1) is 6.07 Å². The van der Waals surface area contributed by atoms with Crippen LogP contribution < -0.4 is 5.32 Å². The average Bonchev–Trinajstić information content (AvgIpc) is 2.61. The van der Waals surface area contributed by atoms with Gasteiger partial charge in [0.25, 0.3) is 0 Å². The summed E-state index contributed by atoms with van der Waals surface area (Å²) < 4.78 is 0. The third kappa shape index (κ3) is 2.90. The average molecular weight is 356 g/mol.